The Kier molecular flexibility index (Phi) is 8.34. The first-order valence-electron chi connectivity index (χ1n) is 13.9. The Morgan fingerprint density at radius 1 is 0.808 bits per heavy atom. The predicted molar refractivity (Wildman–Crippen MR) is 177 cm³/mol. The van der Waals surface area contributed by atoms with Crippen molar-refractivity contribution in [3.8, 4) is 17.9 Å². The van der Waals surface area contributed by atoms with Crippen LogP contribution in [-0.2, 0) is 19.5 Å². The van der Waals surface area contributed by atoms with Gasteiger partial charge >= 0.3 is 5.78 Å². The highest BCUT2D eigenvalue weighted by Gasteiger charge is 2.24. The molecule has 0 atom stereocenters. The Labute approximate surface area is 293 Å². The van der Waals surface area contributed by atoms with E-state index in [1.165, 1.54) is 36.4 Å². The molecule has 52 heavy (non-hydrogen) atoms. The van der Waals surface area contributed by atoms with Crippen LogP contribution in [0.15, 0.2) is 74.7 Å². The highest BCUT2D eigenvalue weighted by molar-refractivity contribution is 7.85. The van der Waals surface area contributed by atoms with E-state index in [4.69, 9.17) is 27.2 Å². The maximum absolute atomic E-state index is 11.9. The van der Waals surface area contributed by atoms with Gasteiger partial charge in [0, 0.05) is 23.7 Å². The molecule has 20 nitrogen and oxygen atoms in total. The summed E-state index contributed by atoms with van der Waals surface area (Å²) >= 11 is 3.46. The third kappa shape index (κ3) is 5.70. The number of imidazole rings is 2. The SMILES string of the molecule is [C-]#[N+]c1nc2nnc3c(ccc4cc(S(=O)(=O)O)ccc43)ooc3ccc4cc(OOOS)ccc4c3nnc3nc(C#N)c(C#N)n3n2c1[N+]#[C-]. The fraction of sp³-hybridized carbons (Fsp3) is 0. The lowest BCUT2D eigenvalue weighted by atomic mass is 10.1. The molecule has 0 unspecified atom stereocenters. The van der Waals surface area contributed by atoms with Gasteiger partial charge in [-0.3, -0.25) is 13.7 Å². The van der Waals surface area contributed by atoms with Gasteiger partial charge in [0.25, 0.3) is 27.5 Å². The smallest absolute Gasteiger partial charge is 0.371 e. The van der Waals surface area contributed by atoms with Crippen molar-refractivity contribution < 1.29 is 36.4 Å². The molecule has 0 aliphatic carbocycles. The van der Waals surface area contributed by atoms with E-state index in [-0.39, 0.29) is 38.7 Å². The molecule has 7 aromatic rings. The van der Waals surface area contributed by atoms with Crippen molar-refractivity contribution in [3.63, 3.8) is 0 Å². The van der Waals surface area contributed by atoms with E-state index < -0.39 is 49.6 Å². The normalized spacial score (nSPS) is 11.1. The van der Waals surface area contributed by atoms with E-state index in [0.717, 1.165) is 15.1 Å². The van der Waals surface area contributed by atoms with Crippen LogP contribution in [0, 0.1) is 35.8 Å². The molecule has 0 bridgehead atoms. The third-order valence-corrected chi connectivity index (χ3v) is 8.18. The first kappa shape index (κ1) is 33.1. The fourth-order valence-corrected chi connectivity index (χ4v) is 5.61. The van der Waals surface area contributed by atoms with Crippen molar-refractivity contribution in [1.82, 2.24) is 39.4 Å². The van der Waals surface area contributed by atoms with Gasteiger partial charge in [0.15, 0.2) is 17.1 Å². The zero-order valence-corrected chi connectivity index (χ0v) is 27.0. The van der Waals surface area contributed by atoms with Crippen LogP contribution >= 0.6 is 12.9 Å². The monoisotopic (exact) mass is 732 g/mol. The van der Waals surface area contributed by atoms with Gasteiger partial charge in [0.2, 0.25) is 11.2 Å². The summed E-state index contributed by atoms with van der Waals surface area (Å²) in [5.41, 5.74) is -0.908. The van der Waals surface area contributed by atoms with Gasteiger partial charge in [0.05, 0.1) is 4.90 Å². The highest BCUT2D eigenvalue weighted by atomic mass is 32.2. The molecular weight excluding hydrogens is 721 g/mol. The molecule has 0 radical (unpaired) electrons. The number of thiol groups is 1. The molecule has 3 heterocycles. The molecule has 0 spiro atoms. The maximum atomic E-state index is 11.9. The van der Waals surface area contributed by atoms with Crippen molar-refractivity contribution in [2.75, 3.05) is 0 Å². The van der Waals surface area contributed by atoms with Crippen LogP contribution in [0.2, 0.25) is 0 Å². The molecule has 0 aliphatic heterocycles. The topological polar surface area (TPSA) is 251 Å². The summed E-state index contributed by atoms with van der Waals surface area (Å²) in [6.07, 6.45) is 0. The molecular formula is C30H12N12O8S2. The first-order chi connectivity index (χ1) is 25.2. The quantitative estimate of drug-likeness (QED) is 0.0577. The van der Waals surface area contributed by atoms with Crippen molar-refractivity contribution in [2.45, 2.75) is 4.90 Å². The summed E-state index contributed by atoms with van der Waals surface area (Å²) in [7, 11) is -4.58. The van der Waals surface area contributed by atoms with E-state index >= 15 is 0 Å². The van der Waals surface area contributed by atoms with Crippen molar-refractivity contribution in [2.24, 2.45) is 0 Å². The minimum atomic E-state index is -4.58. The third-order valence-electron chi connectivity index (χ3n) is 7.27. The molecule has 0 saturated heterocycles. The summed E-state index contributed by atoms with van der Waals surface area (Å²) in [5.74, 6) is -1.51. The first-order valence-corrected chi connectivity index (χ1v) is 15.7. The highest BCUT2D eigenvalue weighted by Crippen LogP contribution is 2.30. The van der Waals surface area contributed by atoms with Crippen LogP contribution < -0.4 is 4.89 Å². The van der Waals surface area contributed by atoms with Crippen LogP contribution in [0.5, 0.6) is 5.75 Å². The van der Waals surface area contributed by atoms with Gasteiger partial charge in [-0.15, -0.1) is 28.7 Å². The zero-order valence-electron chi connectivity index (χ0n) is 25.3. The molecule has 3 aromatic heterocycles. The number of hydrogen-bond donors (Lipinski definition) is 2. The van der Waals surface area contributed by atoms with E-state index in [2.05, 4.69) is 62.3 Å². The van der Waals surface area contributed by atoms with Crippen LogP contribution in [0.3, 0.4) is 0 Å². The van der Waals surface area contributed by atoms with Gasteiger partial charge in [-0.25, -0.2) is 0 Å². The summed E-state index contributed by atoms with van der Waals surface area (Å²) in [4.78, 5) is 19.6. The molecule has 22 heteroatoms. The van der Waals surface area contributed by atoms with Crippen molar-refractivity contribution in [3.05, 3.63) is 94.9 Å². The van der Waals surface area contributed by atoms with Crippen molar-refractivity contribution in [1.29, 1.82) is 10.5 Å². The minimum Gasteiger partial charge on any atom is -0.371 e. The second-order valence-corrected chi connectivity index (χ2v) is 11.7. The summed E-state index contributed by atoms with van der Waals surface area (Å²) in [6, 6.07) is 17.9. The van der Waals surface area contributed by atoms with Crippen LogP contribution in [0.4, 0.5) is 11.6 Å². The van der Waals surface area contributed by atoms with Crippen LogP contribution in [-0.4, -0.2) is 52.4 Å². The molecule has 1 N–H and O–H groups in total. The number of rotatable bonds is 4. The largest absolute Gasteiger partial charge is 0.441 e. The van der Waals surface area contributed by atoms with Gasteiger partial charge in [-0.2, -0.15) is 23.9 Å². The van der Waals surface area contributed by atoms with Gasteiger partial charge in [-0.1, -0.05) is 41.4 Å². The molecule has 7 rings (SSSR count). The minimum absolute atomic E-state index is 0.0128. The van der Waals surface area contributed by atoms with Crippen LogP contribution in [0.1, 0.15) is 11.4 Å². The Hall–Kier alpha value is -7.44. The number of fused-ring (bicyclic) bond motifs is 9. The molecule has 0 amide bonds. The lowest BCUT2D eigenvalue weighted by molar-refractivity contribution is -0.402. The molecule has 0 aliphatic rings. The number of aromatic nitrogens is 8. The Balaban J connectivity index is 1.74. The second kappa shape index (κ2) is 13.1. The number of benzene rings is 4. The average Bonchev–Trinajstić information content (AvgIpc) is 3.69. The summed E-state index contributed by atoms with van der Waals surface area (Å²) < 4.78 is 51.0. The Morgan fingerprint density at radius 2 is 1.44 bits per heavy atom. The van der Waals surface area contributed by atoms with Gasteiger partial charge in [0.1, 0.15) is 23.2 Å². The lowest BCUT2D eigenvalue weighted by Crippen LogP contribution is -2.03. The predicted octanol–water partition coefficient (Wildman–Crippen LogP) is 5.35. The maximum Gasteiger partial charge on any atom is 0.441 e. The lowest BCUT2D eigenvalue weighted by Gasteiger charge is -2.03. The van der Waals surface area contributed by atoms with Crippen LogP contribution in [0.25, 0.3) is 65.0 Å². The number of hydrogen-bond acceptors (Lipinski definition) is 16. The fourth-order valence-electron chi connectivity index (χ4n) is 5.07. The molecule has 4 aromatic carbocycles. The molecule has 252 valence electrons. The molecule has 0 saturated carbocycles. The summed E-state index contributed by atoms with van der Waals surface area (Å²) in [5, 5.41) is 42.9. The molecule has 0 fully saturated rings. The number of nitrogens with zero attached hydrogens (tertiary/aromatic N) is 12. The van der Waals surface area contributed by atoms with Crippen molar-refractivity contribution >= 4 is 90.0 Å². The van der Waals surface area contributed by atoms with E-state index in [1.807, 2.05) is 6.07 Å². The second-order valence-electron chi connectivity index (χ2n) is 10.1. The van der Waals surface area contributed by atoms with E-state index in [1.54, 1.807) is 24.3 Å². The number of nitriles is 2. The van der Waals surface area contributed by atoms with Gasteiger partial charge < -0.3 is 14.6 Å². The standard InChI is InChI=1S/C30H12N12O8S2/c1-33-27-28(34-2)42-30(36-27)40-38-26-20-8-6-18(52(43,44)45)12-16(20)4-10-24(26)48-47-23-9-3-15-11-17(46-49-50-51)5-7-19(15)25(23)37-39-29-35-21(13-31)22(14-32)41(29)42/h3-12,51H,(H,43,44,45). The van der Waals surface area contributed by atoms with E-state index in [0.29, 0.717) is 10.8 Å². The zero-order chi connectivity index (χ0) is 36.6. The average molecular weight is 733 g/mol. The van der Waals surface area contributed by atoms with Gasteiger partial charge in [-0.05, 0) is 58.3 Å². The Bertz CT molecular complexity index is 3120. The summed E-state index contributed by atoms with van der Waals surface area (Å²) in [6.45, 7) is 15.5. The van der Waals surface area contributed by atoms with E-state index in [9.17, 15) is 23.5 Å². The Morgan fingerprint density at radius 3 is 2.02 bits per heavy atom.